The SMILES string of the molecule is O[B]Oc1cc(-c2ccccn2)cc(-c2ccccn2)n1. The van der Waals surface area contributed by atoms with Gasteiger partial charge < -0.3 is 9.68 Å². The molecule has 0 unspecified atom stereocenters. The largest absolute Gasteiger partial charge is 0.570 e. The van der Waals surface area contributed by atoms with Gasteiger partial charge in [-0.3, -0.25) is 9.97 Å². The third-order valence-corrected chi connectivity index (χ3v) is 2.86. The molecule has 0 bridgehead atoms. The molecule has 1 N–H and O–H groups in total. The molecule has 3 heterocycles. The molecule has 0 aliphatic carbocycles. The Morgan fingerprint density at radius 3 is 2.19 bits per heavy atom. The molecule has 0 aromatic carbocycles. The maximum absolute atomic E-state index is 8.82. The van der Waals surface area contributed by atoms with Crippen molar-refractivity contribution < 1.29 is 9.68 Å². The van der Waals surface area contributed by atoms with Gasteiger partial charge in [0.25, 0.3) is 0 Å². The highest BCUT2D eigenvalue weighted by Crippen LogP contribution is 2.26. The zero-order valence-electron chi connectivity index (χ0n) is 11.0. The fraction of sp³-hybridized carbons (Fsp3) is 0. The molecule has 1 radical (unpaired) electrons. The van der Waals surface area contributed by atoms with E-state index in [1.165, 1.54) is 0 Å². The van der Waals surface area contributed by atoms with Crippen molar-refractivity contribution in [3.63, 3.8) is 0 Å². The molecule has 0 aliphatic rings. The Balaban J connectivity index is 2.11. The molecular formula is C15H11BN3O2. The molecule has 0 saturated heterocycles. The van der Waals surface area contributed by atoms with Crippen LogP contribution in [0.25, 0.3) is 22.6 Å². The lowest BCUT2D eigenvalue weighted by Crippen LogP contribution is -2.03. The van der Waals surface area contributed by atoms with Crippen molar-refractivity contribution in [2.75, 3.05) is 0 Å². The van der Waals surface area contributed by atoms with Crippen LogP contribution in [0, 0.1) is 0 Å². The molecule has 3 aromatic heterocycles. The van der Waals surface area contributed by atoms with Crippen LogP contribution in [0.2, 0.25) is 0 Å². The zero-order chi connectivity index (χ0) is 14.5. The summed E-state index contributed by atoms with van der Waals surface area (Å²) < 4.78 is 4.99. The zero-order valence-corrected chi connectivity index (χ0v) is 11.0. The lowest BCUT2D eigenvalue weighted by molar-refractivity contribution is 0.443. The number of pyridine rings is 3. The molecule has 21 heavy (non-hydrogen) atoms. The fourth-order valence-corrected chi connectivity index (χ4v) is 1.95. The smallest absolute Gasteiger partial charge is 0.523 e. The van der Waals surface area contributed by atoms with Gasteiger partial charge in [0.05, 0.1) is 17.1 Å². The van der Waals surface area contributed by atoms with Crippen LogP contribution < -0.4 is 4.65 Å². The fourth-order valence-electron chi connectivity index (χ4n) is 1.95. The summed E-state index contributed by atoms with van der Waals surface area (Å²) in [6.07, 6.45) is 3.41. The van der Waals surface area contributed by atoms with Gasteiger partial charge in [0.2, 0.25) is 0 Å². The third-order valence-electron chi connectivity index (χ3n) is 2.86. The van der Waals surface area contributed by atoms with Gasteiger partial charge in [0.15, 0.2) is 5.88 Å². The second-order valence-corrected chi connectivity index (χ2v) is 4.23. The number of aromatic nitrogens is 3. The molecule has 0 saturated carbocycles. The monoisotopic (exact) mass is 276 g/mol. The van der Waals surface area contributed by atoms with Crippen LogP contribution in [0.1, 0.15) is 0 Å². The second-order valence-electron chi connectivity index (χ2n) is 4.23. The molecule has 3 aromatic rings. The summed E-state index contributed by atoms with van der Waals surface area (Å²) in [6.45, 7) is 0. The van der Waals surface area contributed by atoms with Crippen molar-refractivity contribution in [3.05, 3.63) is 60.9 Å². The minimum absolute atomic E-state index is 0.279. The molecule has 0 fully saturated rings. The Morgan fingerprint density at radius 1 is 0.857 bits per heavy atom. The molecule has 0 amide bonds. The average Bonchev–Trinajstić information content (AvgIpc) is 2.56. The van der Waals surface area contributed by atoms with Crippen LogP contribution in [-0.4, -0.2) is 27.7 Å². The molecule has 5 nitrogen and oxygen atoms in total. The first-order valence-electron chi connectivity index (χ1n) is 6.34. The normalized spacial score (nSPS) is 10.1. The van der Waals surface area contributed by atoms with E-state index in [4.69, 9.17) is 9.68 Å². The number of hydrogen-bond donors (Lipinski definition) is 1. The van der Waals surface area contributed by atoms with Gasteiger partial charge in [-0.1, -0.05) is 12.1 Å². The average molecular weight is 276 g/mol. The van der Waals surface area contributed by atoms with Crippen LogP contribution in [0.5, 0.6) is 5.88 Å². The Kier molecular flexibility index (Phi) is 3.89. The van der Waals surface area contributed by atoms with Crippen molar-refractivity contribution in [1.82, 2.24) is 15.0 Å². The van der Waals surface area contributed by atoms with Gasteiger partial charge in [-0.2, -0.15) is 0 Å². The van der Waals surface area contributed by atoms with Crippen molar-refractivity contribution in [2.24, 2.45) is 0 Å². The van der Waals surface area contributed by atoms with Crippen molar-refractivity contribution >= 4 is 7.69 Å². The highest BCUT2D eigenvalue weighted by atomic mass is 16.5. The Labute approximate surface area is 122 Å². The van der Waals surface area contributed by atoms with E-state index in [1.807, 2.05) is 42.5 Å². The molecule has 6 heteroatoms. The first-order valence-corrected chi connectivity index (χ1v) is 6.34. The molecular weight excluding hydrogens is 265 g/mol. The van der Waals surface area contributed by atoms with E-state index in [2.05, 4.69) is 15.0 Å². The van der Waals surface area contributed by atoms with Gasteiger partial charge in [0.1, 0.15) is 0 Å². The lowest BCUT2D eigenvalue weighted by Gasteiger charge is -2.08. The maximum atomic E-state index is 8.82. The minimum atomic E-state index is 0.279. The van der Waals surface area contributed by atoms with Crippen LogP contribution in [0.15, 0.2) is 60.9 Å². The predicted molar refractivity (Wildman–Crippen MR) is 79.3 cm³/mol. The van der Waals surface area contributed by atoms with Crippen molar-refractivity contribution in [1.29, 1.82) is 0 Å². The lowest BCUT2D eigenvalue weighted by atomic mass is 10.1. The molecule has 0 atom stereocenters. The third kappa shape index (κ3) is 3.06. The number of rotatable bonds is 4. The first kappa shape index (κ1) is 13.3. The molecule has 101 valence electrons. The molecule has 0 aliphatic heterocycles. The van der Waals surface area contributed by atoms with Gasteiger partial charge in [0, 0.05) is 24.0 Å². The summed E-state index contributed by atoms with van der Waals surface area (Å²) in [6, 6.07) is 14.8. The van der Waals surface area contributed by atoms with Crippen molar-refractivity contribution in [2.45, 2.75) is 0 Å². The van der Waals surface area contributed by atoms with Gasteiger partial charge in [-0.15, -0.1) is 0 Å². The van der Waals surface area contributed by atoms with Gasteiger partial charge in [-0.05, 0) is 30.3 Å². The van der Waals surface area contributed by atoms with E-state index >= 15 is 0 Å². The Hall–Kier alpha value is -2.73. The van der Waals surface area contributed by atoms with E-state index in [0.717, 1.165) is 17.0 Å². The summed E-state index contributed by atoms with van der Waals surface area (Å²) in [5, 5.41) is 8.82. The predicted octanol–water partition coefficient (Wildman–Crippen LogP) is 2.11. The highest BCUT2D eigenvalue weighted by molar-refractivity contribution is 6.17. The second kappa shape index (κ2) is 6.15. The first-order chi connectivity index (χ1) is 10.4. The van der Waals surface area contributed by atoms with Crippen molar-refractivity contribution in [3.8, 4) is 28.5 Å². The topological polar surface area (TPSA) is 68.1 Å². The summed E-state index contributed by atoms with van der Waals surface area (Å²) in [5.74, 6) is 0.279. The Bertz CT molecular complexity index is 666. The summed E-state index contributed by atoms with van der Waals surface area (Å²) >= 11 is 0. The van der Waals surface area contributed by atoms with E-state index in [1.54, 1.807) is 18.5 Å². The van der Waals surface area contributed by atoms with Crippen LogP contribution in [0.3, 0.4) is 0 Å². The highest BCUT2D eigenvalue weighted by Gasteiger charge is 2.09. The quantitative estimate of drug-likeness (QED) is 0.739. The summed E-state index contributed by atoms with van der Waals surface area (Å²) in [5.41, 5.74) is 3.00. The number of hydrogen-bond acceptors (Lipinski definition) is 5. The van der Waals surface area contributed by atoms with E-state index < -0.39 is 0 Å². The van der Waals surface area contributed by atoms with Crippen LogP contribution in [-0.2, 0) is 0 Å². The van der Waals surface area contributed by atoms with E-state index in [0.29, 0.717) is 13.4 Å². The summed E-state index contributed by atoms with van der Waals surface area (Å²) in [4.78, 5) is 12.9. The molecule has 3 rings (SSSR count). The van der Waals surface area contributed by atoms with Crippen LogP contribution >= 0.6 is 0 Å². The Morgan fingerprint density at radius 2 is 1.57 bits per heavy atom. The van der Waals surface area contributed by atoms with E-state index in [-0.39, 0.29) is 5.88 Å². The van der Waals surface area contributed by atoms with E-state index in [9.17, 15) is 0 Å². The molecule has 0 spiro atoms. The number of nitrogens with zero attached hydrogens (tertiary/aromatic N) is 3. The van der Waals surface area contributed by atoms with Gasteiger partial charge in [-0.25, -0.2) is 4.98 Å². The minimum Gasteiger partial charge on any atom is -0.523 e. The van der Waals surface area contributed by atoms with Crippen LogP contribution in [0.4, 0.5) is 0 Å². The summed E-state index contributed by atoms with van der Waals surface area (Å²) in [7, 11) is 0.604. The standard InChI is InChI=1S/C15H11BN3O2/c20-16-21-15-10-11(12-5-1-3-7-17-12)9-14(19-15)13-6-2-4-8-18-13/h1-10,20H. The maximum Gasteiger partial charge on any atom is 0.570 e. The van der Waals surface area contributed by atoms with Gasteiger partial charge >= 0.3 is 7.69 Å².